The molecule has 2 aromatic heterocycles. The van der Waals surface area contributed by atoms with Crippen molar-refractivity contribution in [1.29, 1.82) is 10.5 Å². The summed E-state index contributed by atoms with van der Waals surface area (Å²) in [5.41, 5.74) is 11.8. The zero-order chi connectivity index (χ0) is 32.2. The molecule has 0 atom stereocenters. The predicted molar refractivity (Wildman–Crippen MR) is 195 cm³/mol. The maximum absolute atomic E-state index is 9.94. The number of para-hydroxylation sites is 4. The topological polar surface area (TPSA) is 57.4 Å². The first-order valence-electron chi connectivity index (χ1n) is 15.9. The molecule has 0 spiro atoms. The molecule has 4 nitrogen and oxygen atoms in total. The van der Waals surface area contributed by atoms with E-state index in [9.17, 15) is 10.5 Å². The average molecular weight is 611 g/mol. The highest BCUT2D eigenvalue weighted by Gasteiger charge is 2.18. The molecular formula is C44H26N4. The van der Waals surface area contributed by atoms with Crippen LogP contribution in [0.1, 0.15) is 11.1 Å². The van der Waals surface area contributed by atoms with Gasteiger partial charge in [-0.2, -0.15) is 10.5 Å². The molecule has 0 aliphatic rings. The van der Waals surface area contributed by atoms with Gasteiger partial charge in [0, 0.05) is 32.8 Å². The van der Waals surface area contributed by atoms with Gasteiger partial charge in [-0.15, -0.1) is 0 Å². The van der Waals surface area contributed by atoms with Crippen LogP contribution in [-0.2, 0) is 0 Å². The van der Waals surface area contributed by atoms with Gasteiger partial charge in [-0.3, -0.25) is 0 Å². The lowest BCUT2D eigenvalue weighted by Crippen LogP contribution is -1.98. The summed E-state index contributed by atoms with van der Waals surface area (Å²) in [4.78, 5) is 0. The second-order valence-electron chi connectivity index (χ2n) is 12.0. The van der Waals surface area contributed by atoms with Gasteiger partial charge in [0.1, 0.15) is 0 Å². The van der Waals surface area contributed by atoms with Crippen molar-refractivity contribution in [3.8, 4) is 45.8 Å². The molecule has 0 fully saturated rings. The first-order chi connectivity index (χ1) is 23.7. The number of rotatable bonds is 4. The monoisotopic (exact) mass is 610 g/mol. The third kappa shape index (κ3) is 4.14. The van der Waals surface area contributed by atoms with Gasteiger partial charge in [0.2, 0.25) is 0 Å². The van der Waals surface area contributed by atoms with Crippen molar-refractivity contribution >= 4 is 43.6 Å². The summed E-state index contributed by atoms with van der Waals surface area (Å²) in [6.07, 6.45) is 0. The van der Waals surface area contributed by atoms with Gasteiger partial charge in [-0.1, -0.05) is 97.1 Å². The Hall–Kier alpha value is -6.88. The van der Waals surface area contributed by atoms with Crippen LogP contribution < -0.4 is 0 Å². The van der Waals surface area contributed by atoms with Crippen molar-refractivity contribution in [2.24, 2.45) is 0 Å². The Morgan fingerprint density at radius 1 is 0.375 bits per heavy atom. The number of hydrogen-bond acceptors (Lipinski definition) is 2. The van der Waals surface area contributed by atoms with Crippen LogP contribution in [0, 0.1) is 22.7 Å². The van der Waals surface area contributed by atoms with Gasteiger partial charge in [0.25, 0.3) is 0 Å². The van der Waals surface area contributed by atoms with Crippen LogP contribution in [0.15, 0.2) is 158 Å². The van der Waals surface area contributed by atoms with Gasteiger partial charge >= 0.3 is 0 Å². The van der Waals surface area contributed by atoms with Crippen molar-refractivity contribution in [3.63, 3.8) is 0 Å². The number of nitriles is 2. The normalized spacial score (nSPS) is 11.3. The Bertz CT molecular complexity index is 2750. The number of hydrogen-bond donors (Lipinski definition) is 0. The molecule has 0 unspecified atom stereocenters. The minimum atomic E-state index is 0.610. The number of fused-ring (bicyclic) bond motifs is 6. The maximum atomic E-state index is 9.94. The summed E-state index contributed by atoms with van der Waals surface area (Å²) in [5.74, 6) is 0. The Morgan fingerprint density at radius 2 is 0.896 bits per heavy atom. The maximum Gasteiger partial charge on any atom is 0.0992 e. The van der Waals surface area contributed by atoms with Crippen LogP contribution in [0.5, 0.6) is 0 Å². The van der Waals surface area contributed by atoms with Crippen molar-refractivity contribution in [2.45, 2.75) is 0 Å². The largest absolute Gasteiger partial charge is 0.309 e. The molecule has 0 amide bonds. The minimum absolute atomic E-state index is 0.610. The van der Waals surface area contributed by atoms with Crippen LogP contribution >= 0.6 is 0 Å². The molecule has 2 heterocycles. The van der Waals surface area contributed by atoms with E-state index in [0.717, 1.165) is 66.5 Å². The van der Waals surface area contributed by atoms with E-state index in [1.165, 1.54) is 10.8 Å². The van der Waals surface area contributed by atoms with Crippen molar-refractivity contribution < 1.29 is 0 Å². The number of benzene rings is 7. The molecular weight excluding hydrogens is 585 g/mol. The average Bonchev–Trinajstić information content (AvgIpc) is 3.67. The van der Waals surface area contributed by atoms with Gasteiger partial charge in [-0.05, 0) is 77.4 Å². The van der Waals surface area contributed by atoms with E-state index in [1.807, 2.05) is 42.5 Å². The first kappa shape index (κ1) is 27.4. The fourth-order valence-corrected chi connectivity index (χ4v) is 7.27. The predicted octanol–water partition coefficient (Wildman–Crippen LogP) is 11.0. The SMILES string of the molecule is N#Cc1ccc(-c2ccccc2-n2c3ccccc3c3ccccc32)c(-c2ccc(-n3c4ccccc4c4ccc(C#N)cc43)cc2)c1. The molecule has 7 aromatic carbocycles. The van der Waals surface area contributed by atoms with Gasteiger partial charge in [-0.25, -0.2) is 0 Å². The molecule has 0 saturated heterocycles. The Labute approximate surface area is 277 Å². The molecule has 0 bridgehead atoms. The molecule has 4 heteroatoms. The molecule has 48 heavy (non-hydrogen) atoms. The van der Waals surface area contributed by atoms with E-state index in [4.69, 9.17) is 0 Å². The van der Waals surface area contributed by atoms with Gasteiger partial charge in [0.05, 0.1) is 51.0 Å². The molecule has 0 N–H and O–H groups in total. The summed E-state index contributed by atoms with van der Waals surface area (Å²) in [6, 6.07) is 59.0. The lowest BCUT2D eigenvalue weighted by Gasteiger charge is -2.17. The number of nitrogens with zero attached hydrogens (tertiary/aromatic N) is 4. The highest BCUT2D eigenvalue weighted by Crippen LogP contribution is 2.40. The second kappa shape index (κ2) is 10.9. The van der Waals surface area contributed by atoms with E-state index in [-0.39, 0.29) is 0 Å². The smallest absolute Gasteiger partial charge is 0.0992 e. The van der Waals surface area contributed by atoms with E-state index in [2.05, 4.69) is 137 Å². The lowest BCUT2D eigenvalue weighted by molar-refractivity contribution is 1.18. The Morgan fingerprint density at radius 3 is 1.54 bits per heavy atom. The van der Waals surface area contributed by atoms with Crippen LogP contribution in [0.2, 0.25) is 0 Å². The van der Waals surface area contributed by atoms with Crippen LogP contribution in [0.3, 0.4) is 0 Å². The summed E-state index contributed by atoms with van der Waals surface area (Å²) >= 11 is 0. The summed E-state index contributed by atoms with van der Waals surface area (Å²) in [6.45, 7) is 0. The van der Waals surface area contributed by atoms with Crippen molar-refractivity contribution in [3.05, 3.63) is 169 Å². The molecule has 222 valence electrons. The number of aromatic nitrogens is 2. The van der Waals surface area contributed by atoms with Crippen molar-refractivity contribution in [2.75, 3.05) is 0 Å². The fraction of sp³-hybridized carbons (Fsp3) is 0. The molecule has 0 saturated carbocycles. The minimum Gasteiger partial charge on any atom is -0.309 e. The van der Waals surface area contributed by atoms with E-state index in [1.54, 1.807) is 0 Å². The fourth-order valence-electron chi connectivity index (χ4n) is 7.27. The van der Waals surface area contributed by atoms with E-state index >= 15 is 0 Å². The zero-order valence-electron chi connectivity index (χ0n) is 25.8. The molecule has 9 rings (SSSR count). The second-order valence-corrected chi connectivity index (χ2v) is 12.0. The molecule has 0 aliphatic carbocycles. The summed E-state index contributed by atoms with van der Waals surface area (Å²) in [5, 5.41) is 24.3. The van der Waals surface area contributed by atoms with Gasteiger partial charge < -0.3 is 9.13 Å². The molecule has 0 aliphatic heterocycles. The van der Waals surface area contributed by atoms with Crippen molar-refractivity contribution in [1.82, 2.24) is 9.13 Å². The summed E-state index contributed by atoms with van der Waals surface area (Å²) < 4.78 is 4.57. The Kier molecular flexibility index (Phi) is 6.22. The summed E-state index contributed by atoms with van der Waals surface area (Å²) in [7, 11) is 0. The third-order valence-corrected chi connectivity index (χ3v) is 9.40. The molecule has 9 aromatic rings. The van der Waals surface area contributed by atoms with Crippen LogP contribution in [0.4, 0.5) is 0 Å². The third-order valence-electron chi connectivity index (χ3n) is 9.40. The Balaban J connectivity index is 1.24. The van der Waals surface area contributed by atoms with Crippen LogP contribution in [-0.4, -0.2) is 9.13 Å². The standard InChI is InChI=1S/C44H26N4/c45-27-29-17-23-33(34-9-1-6-14-41(34)48-42-15-7-3-10-35(42)36-11-4-8-16-43(36)48)39(25-29)31-19-21-32(22-20-31)47-40-13-5-2-12-37(40)38-24-18-30(28-46)26-44(38)47/h1-26H. The zero-order valence-corrected chi connectivity index (χ0v) is 25.8. The lowest BCUT2D eigenvalue weighted by atomic mass is 9.92. The highest BCUT2D eigenvalue weighted by molar-refractivity contribution is 6.11. The van der Waals surface area contributed by atoms with Crippen LogP contribution in [0.25, 0.3) is 77.2 Å². The van der Waals surface area contributed by atoms with E-state index in [0.29, 0.717) is 11.1 Å². The quantitative estimate of drug-likeness (QED) is 0.199. The highest BCUT2D eigenvalue weighted by atomic mass is 15.0. The van der Waals surface area contributed by atoms with Gasteiger partial charge in [0.15, 0.2) is 0 Å². The van der Waals surface area contributed by atoms with E-state index < -0.39 is 0 Å². The first-order valence-corrected chi connectivity index (χ1v) is 15.9. The molecule has 0 radical (unpaired) electrons.